The van der Waals surface area contributed by atoms with Crippen molar-refractivity contribution in [1.82, 2.24) is 19.2 Å². The number of halogens is 1. The largest absolute Gasteiger partial charge is 0.337 e. The maximum Gasteiger partial charge on any atom is 0.258 e. The van der Waals surface area contributed by atoms with Gasteiger partial charge in [-0.25, -0.2) is 4.98 Å². The van der Waals surface area contributed by atoms with Crippen LogP contribution in [0.5, 0.6) is 0 Å². The van der Waals surface area contributed by atoms with Crippen LogP contribution in [0.25, 0.3) is 11.7 Å². The zero-order chi connectivity index (χ0) is 20.2. The van der Waals surface area contributed by atoms with Crippen LogP contribution in [0.1, 0.15) is 11.3 Å². The van der Waals surface area contributed by atoms with Crippen LogP contribution < -0.4 is 5.56 Å². The summed E-state index contributed by atoms with van der Waals surface area (Å²) in [5.41, 5.74) is 2.15. The van der Waals surface area contributed by atoms with Gasteiger partial charge in [-0.1, -0.05) is 35.9 Å². The van der Waals surface area contributed by atoms with Crippen molar-refractivity contribution in [3.05, 3.63) is 87.4 Å². The number of rotatable bonds is 4. The molecule has 0 bridgehead atoms. The first kappa shape index (κ1) is 19.4. The molecular formula is C22H21ClN4O2. The van der Waals surface area contributed by atoms with Crippen molar-refractivity contribution in [3.63, 3.8) is 0 Å². The van der Waals surface area contributed by atoms with Gasteiger partial charge in [0, 0.05) is 56.1 Å². The fourth-order valence-electron chi connectivity index (χ4n) is 3.42. The number of benzene rings is 1. The molecule has 6 nitrogen and oxygen atoms in total. The highest BCUT2D eigenvalue weighted by Gasteiger charge is 2.20. The van der Waals surface area contributed by atoms with Gasteiger partial charge in [0.1, 0.15) is 5.65 Å². The minimum atomic E-state index is -0.0795. The Bertz CT molecular complexity index is 1120. The molecule has 3 heterocycles. The Kier molecular flexibility index (Phi) is 5.74. The van der Waals surface area contributed by atoms with E-state index in [0.29, 0.717) is 30.3 Å². The number of carbonyl (C=O) groups excluding carboxylic acids is 1. The molecule has 0 atom stereocenters. The number of nitrogens with zero attached hydrogens (tertiary/aromatic N) is 4. The average molecular weight is 409 g/mol. The minimum Gasteiger partial charge on any atom is -0.337 e. The van der Waals surface area contributed by atoms with Gasteiger partial charge in [0.05, 0.1) is 5.69 Å². The molecule has 29 heavy (non-hydrogen) atoms. The van der Waals surface area contributed by atoms with Gasteiger partial charge in [0.25, 0.3) is 5.56 Å². The number of fused-ring (bicyclic) bond motifs is 1. The lowest BCUT2D eigenvalue weighted by atomic mass is 10.2. The van der Waals surface area contributed by atoms with Crippen LogP contribution in [0.2, 0.25) is 5.02 Å². The molecule has 0 radical (unpaired) electrons. The quantitative estimate of drug-likeness (QED) is 0.623. The first-order valence-electron chi connectivity index (χ1n) is 9.51. The van der Waals surface area contributed by atoms with E-state index >= 15 is 0 Å². The SMILES string of the molecule is O=C(C=Cc1ccccc1Cl)N1CCN(Cc2cc(=O)n3ccccc3n2)CC1. The van der Waals surface area contributed by atoms with Gasteiger partial charge in [-0.2, -0.15) is 0 Å². The van der Waals surface area contributed by atoms with Crippen LogP contribution in [0.4, 0.5) is 0 Å². The van der Waals surface area contributed by atoms with E-state index in [1.165, 1.54) is 4.40 Å². The predicted molar refractivity (Wildman–Crippen MR) is 114 cm³/mol. The molecule has 1 aliphatic rings. The Morgan fingerprint density at radius 3 is 2.62 bits per heavy atom. The standard InChI is InChI=1S/C22H21ClN4O2/c23-19-6-2-1-5-17(19)8-9-21(28)26-13-11-25(12-14-26)16-18-15-22(29)27-10-4-3-7-20(27)24-18/h1-10,15H,11-14,16H2. The van der Waals surface area contributed by atoms with E-state index in [9.17, 15) is 9.59 Å². The van der Waals surface area contributed by atoms with E-state index in [2.05, 4.69) is 9.88 Å². The maximum atomic E-state index is 12.5. The monoisotopic (exact) mass is 408 g/mol. The van der Waals surface area contributed by atoms with Crippen molar-refractivity contribution in [3.8, 4) is 0 Å². The normalized spacial score (nSPS) is 15.3. The van der Waals surface area contributed by atoms with Gasteiger partial charge in [-0.15, -0.1) is 0 Å². The lowest BCUT2D eigenvalue weighted by Crippen LogP contribution is -2.48. The zero-order valence-corrected chi connectivity index (χ0v) is 16.6. The summed E-state index contributed by atoms with van der Waals surface area (Å²) in [6, 6.07) is 14.5. The van der Waals surface area contributed by atoms with Gasteiger partial charge in [-0.05, 0) is 29.8 Å². The van der Waals surface area contributed by atoms with Gasteiger partial charge < -0.3 is 4.90 Å². The summed E-state index contributed by atoms with van der Waals surface area (Å²) < 4.78 is 1.53. The molecule has 1 aromatic carbocycles. The molecule has 1 amide bonds. The van der Waals surface area contributed by atoms with Crippen LogP contribution >= 0.6 is 11.6 Å². The highest BCUT2D eigenvalue weighted by atomic mass is 35.5. The number of hydrogen-bond donors (Lipinski definition) is 0. The molecule has 0 aliphatic carbocycles. The Hall–Kier alpha value is -2.96. The van der Waals surface area contributed by atoms with E-state index in [1.807, 2.05) is 41.3 Å². The predicted octanol–water partition coefficient (Wildman–Crippen LogP) is 2.71. The third kappa shape index (κ3) is 4.55. The molecule has 7 heteroatoms. The molecular weight excluding hydrogens is 388 g/mol. The van der Waals surface area contributed by atoms with Crippen LogP contribution in [0.3, 0.4) is 0 Å². The summed E-state index contributed by atoms with van der Waals surface area (Å²) in [4.78, 5) is 33.3. The third-order valence-electron chi connectivity index (χ3n) is 5.00. The lowest BCUT2D eigenvalue weighted by Gasteiger charge is -2.34. The highest BCUT2D eigenvalue weighted by molar-refractivity contribution is 6.32. The highest BCUT2D eigenvalue weighted by Crippen LogP contribution is 2.16. The van der Waals surface area contributed by atoms with Crippen LogP contribution in [-0.2, 0) is 11.3 Å². The number of aromatic nitrogens is 2. The number of amides is 1. The Balaban J connectivity index is 1.35. The molecule has 2 aromatic heterocycles. The molecule has 4 rings (SSSR count). The van der Waals surface area contributed by atoms with E-state index < -0.39 is 0 Å². The number of hydrogen-bond acceptors (Lipinski definition) is 4. The van der Waals surface area contributed by atoms with Crippen molar-refractivity contribution >= 4 is 29.2 Å². The van der Waals surface area contributed by atoms with Crippen LogP contribution in [-0.4, -0.2) is 51.3 Å². The first-order valence-corrected chi connectivity index (χ1v) is 9.89. The molecule has 0 unspecified atom stereocenters. The minimum absolute atomic E-state index is 0.0216. The summed E-state index contributed by atoms with van der Waals surface area (Å²) in [5, 5.41) is 0.625. The van der Waals surface area contributed by atoms with E-state index in [4.69, 9.17) is 11.6 Å². The second-order valence-corrected chi connectivity index (χ2v) is 7.38. The fraction of sp³-hybridized carbons (Fsp3) is 0.227. The van der Waals surface area contributed by atoms with E-state index in [0.717, 1.165) is 24.3 Å². The average Bonchev–Trinajstić information content (AvgIpc) is 2.73. The molecule has 0 saturated carbocycles. The molecule has 1 fully saturated rings. The first-order chi connectivity index (χ1) is 14.1. The summed E-state index contributed by atoms with van der Waals surface area (Å²) >= 11 is 6.12. The number of piperazine rings is 1. The summed E-state index contributed by atoms with van der Waals surface area (Å²) in [7, 11) is 0. The summed E-state index contributed by atoms with van der Waals surface area (Å²) in [6.45, 7) is 3.34. The molecule has 1 saturated heterocycles. The molecule has 0 spiro atoms. The van der Waals surface area contributed by atoms with Gasteiger partial charge in [-0.3, -0.25) is 18.9 Å². The Labute approximate surface area is 173 Å². The molecule has 1 aliphatic heterocycles. The fourth-order valence-corrected chi connectivity index (χ4v) is 3.61. The Morgan fingerprint density at radius 1 is 1.07 bits per heavy atom. The van der Waals surface area contributed by atoms with Crippen molar-refractivity contribution in [2.45, 2.75) is 6.54 Å². The molecule has 0 N–H and O–H groups in total. The number of carbonyl (C=O) groups is 1. The summed E-state index contributed by atoms with van der Waals surface area (Å²) in [6.07, 6.45) is 5.04. The Morgan fingerprint density at radius 2 is 1.83 bits per heavy atom. The second-order valence-electron chi connectivity index (χ2n) is 6.97. The lowest BCUT2D eigenvalue weighted by molar-refractivity contribution is -0.127. The maximum absolute atomic E-state index is 12.5. The van der Waals surface area contributed by atoms with E-state index in [-0.39, 0.29) is 11.5 Å². The van der Waals surface area contributed by atoms with Crippen molar-refractivity contribution in [2.75, 3.05) is 26.2 Å². The molecule has 3 aromatic rings. The molecule has 148 valence electrons. The van der Waals surface area contributed by atoms with Crippen molar-refractivity contribution < 1.29 is 4.79 Å². The topological polar surface area (TPSA) is 57.9 Å². The van der Waals surface area contributed by atoms with Crippen LogP contribution in [0.15, 0.2) is 65.6 Å². The van der Waals surface area contributed by atoms with E-state index in [1.54, 1.807) is 30.5 Å². The zero-order valence-electron chi connectivity index (χ0n) is 15.9. The third-order valence-corrected chi connectivity index (χ3v) is 5.35. The van der Waals surface area contributed by atoms with Crippen molar-refractivity contribution in [1.29, 1.82) is 0 Å². The van der Waals surface area contributed by atoms with Gasteiger partial charge in [0.2, 0.25) is 5.91 Å². The van der Waals surface area contributed by atoms with Gasteiger partial charge in [0.15, 0.2) is 0 Å². The number of pyridine rings is 1. The second kappa shape index (κ2) is 8.59. The van der Waals surface area contributed by atoms with Crippen molar-refractivity contribution in [2.24, 2.45) is 0 Å². The van der Waals surface area contributed by atoms with Gasteiger partial charge >= 0.3 is 0 Å². The summed E-state index contributed by atoms with van der Waals surface area (Å²) in [5.74, 6) is -0.0216. The van der Waals surface area contributed by atoms with Crippen LogP contribution in [0, 0.1) is 0 Å². The smallest absolute Gasteiger partial charge is 0.258 e.